The minimum atomic E-state index is -0.670. The van der Waals surface area contributed by atoms with E-state index >= 15 is 0 Å². The van der Waals surface area contributed by atoms with Crippen LogP contribution < -0.4 is 5.32 Å². The molecule has 1 saturated heterocycles. The van der Waals surface area contributed by atoms with Crippen molar-refractivity contribution in [2.24, 2.45) is 5.92 Å². The summed E-state index contributed by atoms with van der Waals surface area (Å²) in [5.41, 5.74) is 0. The first-order chi connectivity index (χ1) is 8.49. The van der Waals surface area contributed by atoms with Gasteiger partial charge in [0.05, 0.1) is 5.92 Å². The van der Waals surface area contributed by atoms with Gasteiger partial charge in [0.1, 0.15) is 18.2 Å². The summed E-state index contributed by atoms with van der Waals surface area (Å²) in [5, 5.41) is 2.32. The van der Waals surface area contributed by atoms with Crippen molar-refractivity contribution in [1.29, 1.82) is 0 Å². The van der Waals surface area contributed by atoms with Gasteiger partial charge < -0.3 is 14.8 Å². The van der Waals surface area contributed by atoms with Gasteiger partial charge >= 0.3 is 11.9 Å². The van der Waals surface area contributed by atoms with Crippen LogP contribution in [-0.4, -0.2) is 36.6 Å². The number of esters is 2. The summed E-state index contributed by atoms with van der Waals surface area (Å²) in [6, 6.07) is -0.670. The molecule has 4 atom stereocenters. The molecule has 1 rings (SSSR count). The van der Waals surface area contributed by atoms with Crippen molar-refractivity contribution in [3.05, 3.63) is 0 Å². The SMILES string of the molecule is CC[C@@H]1C(=O)O[C@H]1C[C@H](C)OC(=O)C(C)NC=O. The van der Waals surface area contributed by atoms with Crippen molar-refractivity contribution < 1.29 is 23.9 Å². The zero-order valence-corrected chi connectivity index (χ0v) is 10.8. The molecule has 1 amide bonds. The second-order valence-electron chi connectivity index (χ2n) is 4.48. The van der Waals surface area contributed by atoms with Gasteiger partial charge in [0, 0.05) is 6.42 Å². The van der Waals surface area contributed by atoms with Crippen molar-refractivity contribution in [2.45, 2.75) is 51.9 Å². The van der Waals surface area contributed by atoms with Gasteiger partial charge in [-0.3, -0.25) is 9.59 Å². The second kappa shape index (κ2) is 6.37. The molecule has 1 aliphatic heterocycles. The van der Waals surface area contributed by atoms with Gasteiger partial charge in [0.25, 0.3) is 0 Å². The maximum Gasteiger partial charge on any atom is 0.328 e. The molecule has 1 fully saturated rings. The van der Waals surface area contributed by atoms with Crippen molar-refractivity contribution >= 4 is 18.3 Å². The van der Waals surface area contributed by atoms with Crippen LogP contribution in [0.1, 0.15) is 33.6 Å². The lowest BCUT2D eigenvalue weighted by Gasteiger charge is -2.35. The maximum absolute atomic E-state index is 11.5. The highest BCUT2D eigenvalue weighted by atomic mass is 16.6. The Morgan fingerprint density at radius 3 is 2.72 bits per heavy atom. The van der Waals surface area contributed by atoms with Crippen LogP contribution >= 0.6 is 0 Å². The molecule has 1 unspecified atom stereocenters. The molecule has 0 saturated carbocycles. The highest BCUT2D eigenvalue weighted by Gasteiger charge is 2.41. The molecule has 1 heterocycles. The highest BCUT2D eigenvalue weighted by Crippen LogP contribution is 2.29. The average Bonchev–Trinajstić information content (AvgIpc) is 2.28. The first-order valence-corrected chi connectivity index (χ1v) is 6.10. The number of cyclic esters (lactones) is 1. The smallest absolute Gasteiger partial charge is 0.328 e. The van der Waals surface area contributed by atoms with Crippen LogP contribution in [0.4, 0.5) is 0 Å². The lowest BCUT2D eigenvalue weighted by atomic mass is 9.90. The molecule has 0 bridgehead atoms. The summed E-state index contributed by atoms with van der Waals surface area (Å²) in [6.45, 7) is 5.21. The van der Waals surface area contributed by atoms with Crippen molar-refractivity contribution in [2.75, 3.05) is 0 Å². The lowest BCUT2D eigenvalue weighted by Crippen LogP contribution is -2.47. The second-order valence-corrected chi connectivity index (χ2v) is 4.48. The van der Waals surface area contributed by atoms with Gasteiger partial charge in [-0.1, -0.05) is 6.92 Å². The van der Waals surface area contributed by atoms with Crippen LogP contribution in [0.5, 0.6) is 0 Å². The van der Waals surface area contributed by atoms with E-state index < -0.39 is 12.0 Å². The Labute approximate surface area is 106 Å². The van der Waals surface area contributed by atoms with Crippen molar-refractivity contribution in [1.82, 2.24) is 5.32 Å². The molecule has 102 valence electrons. The predicted molar refractivity (Wildman–Crippen MR) is 62.5 cm³/mol. The van der Waals surface area contributed by atoms with E-state index in [1.807, 2.05) is 6.92 Å². The Kier molecular flexibility index (Phi) is 5.12. The summed E-state index contributed by atoms with van der Waals surface area (Å²) in [4.78, 5) is 32.8. The van der Waals surface area contributed by atoms with Crippen molar-refractivity contribution in [3.8, 4) is 0 Å². The zero-order chi connectivity index (χ0) is 13.7. The molecule has 0 aromatic rings. The van der Waals surface area contributed by atoms with Gasteiger partial charge in [0.2, 0.25) is 6.41 Å². The highest BCUT2D eigenvalue weighted by molar-refractivity contribution is 5.79. The number of amides is 1. The summed E-state index contributed by atoms with van der Waals surface area (Å²) in [5.74, 6) is -0.762. The minimum absolute atomic E-state index is 0.0864. The molecular weight excluding hydrogens is 238 g/mol. The number of carbonyl (C=O) groups excluding carboxylic acids is 3. The number of ether oxygens (including phenoxy) is 2. The fraction of sp³-hybridized carbons (Fsp3) is 0.750. The van der Waals surface area contributed by atoms with E-state index in [9.17, 15) is 14.4 Å². The molecule has 0 aliphatic carbocycles. The third kappa shape index (κ3) is 3.45. The monoisotopic (exact) mass is 257 g/mol. The average molecular weight is 257 g/mol. The van der Waals surface area contributed by atoms with Crippen LogP contribution in [0, 0.1) is 5.92 Å². The number of hydrogen-bond acceptors (Lipinski definition) is 5. The first kappa shape index (κ1) is 14.5. The van der Waals surface area contributed by atoms with Crippen LogP contribution in [0.25, 0.3) is 0 Å². The predicted octanol–water partition coefficient (Wildman–Crippen LogP) is 0.394. The molecule has 1 N–H and O–H groups in total. The van der Waals surface area contributed by atoms with E-state index in [2.05, 4.69) is 5.32 Å². The Morgan fingerprint density at radius 1 is 1.56 bits per heavy atom. The standard InChI is InChI=1S/C12H19NO5/c1-4-9-10(18-12(9)16)5-7(2)17-11(15)8(3)13-6-14/h6-10H,4-5H2,1-3H3,(H,13,14)/t7-,8?,9-,10-/m0/s1. The van der Waals surface area contributed by atoms with Gasteiger partial charge in [0.15, 0.2) is 0 Å². The fourth-order valence-electron chi connectivity index (χ4n) is 1.89. The number of nitrogens with one attached hydrogen (secondary N) is 1. The zero-order valence-electron chi connectivity index (χ0n) is 10.8. The van der Waals surface area contributed by atoms with Gasteiger partial charge in [-0.2, -0.15) is 0 Å². The first-order valence-electron chi connectivity index (χ1n) is 6.10. The maximum atomic E-state index is 11.5. The van der Waals surface area contributed by atoms with Crippen LogP contribution in [0.2, 0.25) is 0 Å². The lowest BCUT2D eigenvalue weighted by molar-refractivity contribution is -0.189. The van der Waals surface area contributed by atoms with Gasteiger partial charge in [-0.05, 0) is 20.3 Å². The Bertz CT molecular complexity index is 330. The molecule has 6 heteroatoms. The summed E-state index contributed by atoms with van der Waals surface area (Å²) in [6.07, 6.45) is 1.16. The van der Waals surface area contributed by atoms with Crippen LogP contribution in [0.15, 0.2) is 0 Å². The molecular formula is C12H19NO5. The Balaban J connectivity index is 2.33. The fourth-order valence-corrected chi connectivity index (χ4v) is 1.89. The Hall–Kier alpha value is -1.59. The largest absolute Gasteiger partial charge is 0.461 e. The van der Waals surface area contributed by atoms with E-state index in [4.69, 9.17) is 9.47 Å². The summed E-state index contributed by atoms with van der Waals surface area (Å²) >= 11 is 0. The summed E-state index contributed by atoms with van der Waals surface area (Å²) < 4.78 is 10.1. The molecule has 0 spiro atoms. The summed E-state index contributed by atoms with van der Waals surface area (Å²) in [7, 11) is 0. The molecule has 1 aliphatic rings. The molecule has 6 nitrogen and oxygen atoms in total. The topological polar surface area (TPSA) is 81.7 Å². The van der Waals surface area contributed by atoms with Crippen molar-refractivity contribution in [3.63, 3.8) is 0 Å². The van der Waals surface area contributed by atoms with Crippen LogP contribution in [0.3, 0.4) is 0 Å². The number of carbonyl (C=O) groups is 3. The van der Waals surface area contributed by atoms with E-state index in [0.717, 1.165) is 6.42 Å². The quantitative estimate of drug-likeness (QED) is 0.527. The number of hydrogen-bond donors (Lipinski definition) is 1. The number of rotatable bonds is 7. The third-order valence-electron chi connectivity index (χ3n) is 3.01. The van der Waals surface area contributed by atoms with Gasteiger partial charge in [-0.25, -0.2) is 4.79 Å². The van der Waals surface area contributed by atoms with E-state index in [-0.39, 0.29) is 24.1 Å². The Morgan fingerprint density at radius 2 is 2.22 bits per heavy atom. The molecule has 0 radical (unpaired) electrons. The van der Waals surface area contributed by atoms with Gasteiger partial charge in [-0.15, -0.1) is 0 Å². The van der Waals surface area contributed by atoms with Crippen LogP contribution in [-0.2, 0) is 23.9 Å². The van der Waals surface area contributed by atoms with E-state index in [0.29, 0.717) is 12.8 Å². The van der Waals surface area contributed by atoms with E-state index in [1.165, 1.54) is 0 Å². The minimum Gasteiger partial charge on any atom is -0.461 e. The van der Waals surface area contributed by atoms with E-state index in [1.54, 1.807) is 13.8 Å². The molecule has 18 heavy (non-hydrogen) atoms. The third-order valence-corrected chi connectivity index (χ3v) is 3.01. The molecule has 0 aromatic heterocycles. The normalized spacial score (nSPS) is 25.4. The molecule has 0 aromatic carbocycles.